The van der Waals surface area contributed by atoms with Crippen LogP contribution in [0, 0.1) is 3.57 Å². The summed E-state index contributed by atoms with van der Waals surface area (Å²) in [7, 11) is 1.57. The maximum atomic E-state index is 14.4. The van der Waals surface area contributed by atoms with Crippen LogP contribution in [0.25, 0.3) is 11.8 Å². The van der Waals surface area contributed by atoms with Crippen LogP contribution in [0.5, 0.6) is 11.5 Å². The van der Waals surface area contributed by atoms with E-state index in [1.54, 1.807) is 30.7 Å². The highest BCUT2D eigenvalue weighted by Crippen LogP contribution is 2.37. The van der Waals surface area contributed by atoms with Crippen molar-refractivity contribution in [2.75, 3.05) is 13.7 Å². The molecule has 1 atom stereocenters. The van der Waals surface area contributed by atoms with Gasteiger partial charge in [-0.25, -0.2) is 9.79 Å². The molecule has 11 heteroatoms. The Morgan fingerprint density at radius 1 is 1.02 bits per heavy atom. The van der Waals surface area contributed by atoms with E-state index in [9.17, 15) is 9.59 Å². The summed E-state index contributed by atoms with van der Waals surface area (Å²) < 4.78 is 20.3. The Morgan fingerprint density at radius 3 is 2.42 bits per heavy atom. The van der Waals surface area contributed by atoms with Crippen LogP contribution in [0.4, 0.5) is 0 Å². The van der Waals surface area contributed by atoms with Gasteiger partial charge in [0.05, 0.1) is 49.2 Å². The van der Waals surface area contributed by atoms with Crippen LogP contribution in [0.2, 0.25) is 10.0 Å². The Hall–Kier alpha value is -3.90. The molecule has 4 aromatic carbocycles. The van der Waals surface area contributed by atoms with Crippen LogP contribution in [0.1, 0.15) is 60.5 Å². The molecule has 0 bridgehead atoms. The van der Waals surface area contributed by atoms with Gasteiger partial charge in [-0.1, -0.05) is 109 Å². The van der Waals surface area contributed by atoms with Crippen molar-refractivity contribution >= 4 is 74.9 Å². The van der Waals surface area contributed by atoms with E-state index in [-0.39, 0.29) is 18.8 Å². The van der Waals surface area contributed by atoms with Crippen molar-refractivity contribution in [3.8, 4) is 11.5 Å². The van der Waals surface area contributed by atoms with E-state index in [1.165, 1.54) is 11.3 Å². The number of halogens is 3. The summed E-state index contributed by atoms with van der Waals surface area (Å²) >= 11 is 15.7. The first-order valence-electron chi connectivity index (χ1n) is 15.9. The molecule has 6 rings (SSSR count). The van der Waals surface area contributed by atoms with E-state index >= 15 is 0 Å². The number of nitrogens with zero attached hydrogens (tertiary/aromatic N) is 2. The lowest BCUT2D eigenvalue weighted by Gasteiger charge is -2.26. The number of methoxy groups -OCH3 is 1. The molecule has 0 saturated carbocycles. The van der Waals surface area contributed by atoms with Gasteiger partial charge in [-0.05, 0) is 88.0 Å². The Bertz CT molecular complexity index is 2280. The van der Waals surface area contributed by atoms with E-state index in [0.29, 0.717) is 48.1 Å². The third-order valence-electron chi connectivity index (χ3n) is 8.21. The third-order valence-corrected chi connectivity index (χ3v) is 10.7. The Balaban J connectivity index is 1.48. The smallest absolute Gasteiger partial charge is 0.338 e. The maximum Gasteiger partial charge on any atom is 0.338 e. The van der Waals surface area contributed by atoms with Gasteiger partial charge >= 0.3 is 5.97 Å². The van der Waals surface area contributed by atoms with Crippen molar-refractivity contribution in [3.05, 3.63) is 152 Å². The predicted molar refractivity (Wildman–Crippen MR) is 208 cm³/mol. The largest absolute Gasteiger partial charge is 0.493 e. The lowest BCUT2D eigenvalue weighted by atomic mass is 9.91. The predicted octanol–water partition coefficient (Wildman–Crippen LogP) is 8.56. The maximum absolute atomic E-state index is 14.4. The summed E-state index contributed by atoms with van der Waals surface area (Å²) in [6.45, 7) is 6.45. The minimum Gasteiger partial charge on any atom is -0.493 e. The van der Waals surface area contributed by atoms with Crippen molar-refractivity contribution in [1.29, 1.82) is 0 Å². The lowest BCUT2D eigenvalue weighted by molar-refractivity contribution is -0.138. The number of carbonyl (C=O) groups excluding carboxylic acids is 1. The molecular weight excluding hydrogens is 806 g/mol. The van der Waals surface area contributed by atoms with Gasteiger partial charge in [0, 0.05) is 5.56 Å². The zero-order valence-corrected chi connectivity index (χ0v) is 32.2. The van der Waals surface area contributed by atoms with Gasteiger partial charge in [0.25, 0.3) is 5.56 Å². The molecule has 256 valence electrons. The van der Waals surface area contributed by atoms with Gasteiger partial charge in [-0.2, -0.15) is 0 Å². The molecule has 2 heterocycles. The molecule has 0 saturated heterocycles. The van der Waals surface area contributed by atoms with Crippen molar-refractivity contribution in [2.24, 2.45) is 4.99 Å². The molecular formula is C39H33Cl2IN2O5S. The van der Waals surface area contributed by atoms with Gasteiger partial charge in [-0.3, -0.25) is 9.36 Å². The summed E-state index contributed by atoms with van der Waals surface area (Å²) in [6, 6.07) is 25.9. The monoisotopic (exact) mass is 838 g/mol. The number of carbonyl (C=O) groups is 1. The Morgan fingerprint density at radius 2 is 1.76 bits per heavy atom. The van der Waals surface area contributed by atoms with Gasteiger partial charge in [0.15, 0.2) is 16.3 Å². The second-order valence-corrected chi connectivity index (χ2v) is 14.8. The van der Waals surface area contributed by atoms with E-state index in [1.807, 2.05) is 78.9 Å². The number of hydrogen-bond acceptors (Lipinski definition) is 7. The minimum absolute atomic E-state index is 0.182. The second kappa shape index (κ2) is 15.6. The van der Waals surface area contributed by atoms with E-state index in [2.05, 4.69) is 36.4 Å². The highest BCUT2D eigenvalue weighted by atomic mass is 127. The normalized spacial score (nSPS) is 14.4. The van der Waals surface area contributed by atoms with Crippen molar-refractivity contribution in [2.45, 2.75) is 39.3 Å². The molecule has 1 aliphatic rings. The molecule has 0 radical (unpaired) electrons. The molecule has 7 nitrogen and oxygen atoms in total. The van der Waals surface area contributed by atoms with Crippen LogP contribution in [-0.4, -0.2) is 24.3 Å². The number of aromatic nitrogens is 1. The summed E-state index contributed by atoms with van der Waals surface area (Å²) in [5.74, 6) is 0.876. The molecule has 1 aromatic heterocycles. The summed E-state index contributed by atoms with van der Waals surface area (Å²) in [6.07, 6.45) is 1.81. The average molecular weight is 840 g/mol. The van der Waals surface area contributed by atoms with Crippen molar-refractivity contribution in [3.63, 3.8) is 0 Å². The molecule has 5 aromatic rings. The topological polar surface area (TPSA) is 79.1 Å². The first-order chi connectivity index (χ1) is 24.1. The fourth-order valence-electron chi connectivity index (χ4n) is 5.72. The zero-order valence-electron chi connectivity index (χ0n) is 27.7. The van der Waals surface area contributed by atoms with Crippen molar-refractivity contribution < 1.29 is 19.0 Å². The molecule has 0 N–H and O–H groups in total. The molecule has 1 aliphatic heterocycles. The first-order valence-corrected chi connectivity index (χ1v) is 18.6. The molecule has 0 spiro atoms. The van der Waals surface area contributed by atoms with E-state index < -0.39 is 12.0 Å². The number of esters is 1. The average Bonchev–Trinajstić information content (AvgIpc) is 3.42. The fraction of sp³-hybridized carbons (Fsp3) is 0.205. The van der Waals surface area contributed by atoms with Gasteiger partial charge in [0.1, 0.15) is 6.61 Å². The quantitative estimate of drug-likeness (QED) is 0.104. The van der Waals surface area contributed by atoms with Crippen LogP contribution in [-0.2, 0) is 16.1 Å². The minimum atomic E-state index is -0.754. The standard InChI is InChI=1S/C39H33Cl2IN2O5S/c1-5-48-38(46)33-34(26-9-7-6-8-10-26)43-39-44(35(33)27-14-12-25(13-15-27)22(2)3)37(45)32(50-39)20-24-18-30(42)36(31(19-24)47-4)49-21-23-11-16-28(40)29(41)17-23/h6-20,22,35H,5,21H2,1-4H3/b32-20-/t35-/m0/s1. The number of hydrogen-bond donors (Lipinski definition) is 0. The van der Waals surface area contributed by atoms with Crippen molar-refractivity contribution in [1.82, 2.24) is 4.57 Å². The van der Waals surface area contributed by atoms with Crippen LogP contribution >= 0.6 is 57.1 Å². The fourth-order valence-corrected chi connectivity index (χ4v) is 7.82. The van der Waals surface area contributed by atoms with E-state index in [4.69, 9.17) is 42.4 Å². The van der Waals surface area contributed by atoms with Crippen LogP contribution < -0.4 is 24.4 Å². The van der Waals surface area contributed by atoms with Crippen LogP contribution in [0.15, 0.2) is 100 Å². The first kappa shape index (κ1) is 35.9. The number of rotatable bonds is 10. The third kappa shape index (κ3) is 7.42. The SMILES string of the molecule is CCOC(=O)C1=C(c2ccccc2)N=c2s/c(=C\c3cc(I)c(OCc4ccc(Cl)c(Cl)c4)c(OC)c3)c(=O)n2[C@H]1c1ccc(C(C)C)cc1. The highest BCUT2D eigenvalue weighted by molar-refractivity contribution is 14.1. The lowest BCUT2D eigenvalue weighted by Crippen LogP contribution is -2.40. The zero-order chi connectivity index (χ0) is 35.5. The molecule has 0 aliphatic carbocycles. The number of benzene rings is 4. The summed E-state index contributed by atoms with van der Waals surface area (Å²) in [5, 5.41) is 0.923. The van der Waals surface area contributed by atoms with Gasteiger partial charge in [-0.15, -0.1) is 0 Å². The highest BCUT2D eigenvalue weighted by Gasteiger charge is 2.35. The van der Waals surface area contributed by atoms with Gasteiger partial charge in [0.2, 0.25) is 0 Å². The number of thiazole rings is 1. The summed E-state index contributed by atoms with van der Waals surface area (Å²) in [4.78, 5) is 33.6. The van der Waals surface area contributed by atoms with E-state index in [0.717, 1.165) is 31.4 Å². The Kier molecular flexibility index (Phi) is 11.2. The molecule has 0 amide bonds. The molecule has 0 fully saturated rings. The Labute approximate surface area is 317 Å². The van der Waals surface area contributed by atoms with Gasteiger partial charge < -0.3 is 14.2 Å². The second-order valence-electron chi connectivity index (χ2n) is 11.8. The number of ether oxygens (including phenoxy) is 3. The molecule has 50 heavy (non-hydrogen) atoms. The number of fused-ring (bicyclic) bond motifs is 1. The van der Waals surface area contributed by atoms with Crippen LogP contribution in [0.3, 0.4) is 0 Å². The summed E-state index contributed by atoms with van der Waals surface area (Å²) in [5.41, 5.74) is 4.81. The molecule has 0 unspecified atom stereocenters.